The first-order chi connectivity index (χ1) is 9.41. The van der Waals surface area contributed by atoms with Crippen LogP contribution >= 0.6 is 11.3 Å². The van der Waals surface area contributed by atoms with Crippen molar-refractivity contribution in [1.82, 2.24) is 0 Å². The summed E-state index contributed by atoms with van der Waals surface area (Å²) in [5.41, 5.74) is 1.88. The summed E-state index contributed by atoms with van der Waals surface area (Å²) in [6.07, 6.45) is 0. The Morgan fingerprint density at radius 2 is 2.00 bits per heavy atom. The van der Waals surface area contributed by atoms with Gasteiger partial charge in [-0.05, 0) is 34.6 Å². The SMILES string of the molecule is COc1ccc(C(C)(C)C)cc1NC(=O)c1cccs1. The predicted octanol–water partition coefficient (Wildman–Crippen LogP) is 4.31. The maximum atomic E-state index is 12.1. The number of nitrogens with one attached hydrogen (secondary N) is 1. The van der Waals surface area contributed by atoms with Gasteiger partial charge in [-0.15, -0.1) is 11.3 Å². The van der Waals surface area contributed by atoms with Gasteiger partial charge >= 0.3 is 0 Å². The van der Waals surface area contributed by atoms with E-state index in [0.717, 1.165) is 5.56 Å². The molecule has 0 aliphatic heterocycles. The summed E-state index contributed by atoms with van der Waals surface area (Å²) >= 11 is 1.42. The molecule has 1 heterocycles. The topological polar surface area (TPSA) is 38.3 Å². The fourth-order valence-corrected chi connectivity index (χ4v) is 2.48. The van der Waals surface area contributed by atoms with Crippen LogP contribution in [-0.2, 0) is 5.41 Å². The second-order valence-electron chi connectivity index (χ2n) is 5.60. The first-order valence-electron chi connectivity index (χ1n) is 6.45. The lowest BCUT2D eigenvalue weighted by atomic mass is 9.87. The van der Waals surface area contributed by atoms with Crippen LogP contribution < -0.4 is 10.1 Å². The van der Waals surface area contributed by atoms with Gasteiger partial charge in [0.2, 0.25) is 0 Å². The van der Waals surface area contributed by atoms with E-state index in [-0.39, 0.29) is 11.3 Å². The molecule has 1 aromatic heterocycles. The Kier molecular flexibility index (Phi) is 4.14. The Bertz CT molecular complexity index is 597. The summed E-state index contributed by atoms with van der Waals surface area (Å²) in [5, 5.41) is 4.81. The third kappa shape index (κ3) is 3.20. The standard InChI is InChI=1S/C16H19NO2S/c1-16(2,3)11-7-8-13(19-4)12(10-11)17-15(18)14-6-5-9-20-14/h5-10H,1-4H3,(H,17,18). The minimum absolute atomic E-state index is 0.0225. The summed E-state index contributed by atoms with van der Waals surface area (Å²) in [6, 6.07) is 9.57. The van der Waals surface area contributed by atoms with Crippen molar-refractivity contribution in [3.05, 3.63) is 46.2 Å². The monoisotopic (exact) mass is 289 g/mol. The normalized spacial score (nSPS) is 11.2. The zero-order valence-corrected chi connectivity index (χ0v) is 13.0. The van der Waals surface area contributed by atoms with Crippen LogP contribution in [0.15, 0.2) is 35.7 Å². The number of ether oxygens (including phenoxy) is 1. The molecule has 0 aliphatic carbocycles. The van der Waals surface area contributed by atoms with E-state index in [1.54, 1.807) is 13.2 Å². The lowest BCUT2D eigenvalue weighted by Crippen LogP contribution is -2.14. The Morgan fingerprint density at radius 1 is 1.25 bits per heavy atom. The zero-order chi connectivity index (χ0) is 14.8. The highest BCUT2D eigenvalue weighted by atomic mass is 32.1. The Morgan fingerprint density at radius 3 is 2.55 bits per heavy atom. The molecular formula is C16H19NO2S. The molecule has 0 saturated heterocycles. The summed E-state index contributed by atoms with van der Waals surface area (Å²) in [4.78, 5) is 12.8. The number of carbonyl (C=O) groups is 1. The van der Waals surface area contributed by atoms with Crippen LogP contribution in [0.4, 0.5) is 5.69 Å². The van der Waals surface area contributed by atoms with Gasteiger partial charge in [-0.1, -0.05) is 32.9 Å². The molecule has 1 N–H and O–H groups in total. The quantitative estimate of drug-likeness (QED) is 0.914. The van der Waals surface area contributed by atoms with Gasteiger partial charge in [0, 0.05) is 0 Å². The number of methoxy groups -OCH3 is 1. The molecule has 0 fully saturated rings. The van der Waals surface area contributed by atoms with Gasteiger partial charge in [0.25, 0.3) is 5.91 Å². The van der Waals surface area contributed by atoms with Crippen LogP contribution in [0, 0.1) is 0 Å². The molecule has 0 saturated carbocycles. The van der Waals surface area contributed by atoms with Gasteiger partial charge in [-0.3, -0.25) is 4.79 Å². The number of carbonyl (C=O) groups excluding carboxylic acids is 1. The third-order valence-electron chi connectivity index (χ3n) is 3.06. The van der Waals surface area contributed by atoms with Crippen LogP contribution in [0.5, 0.6) is 5.75 Å². The van der Waals surface area contributed by atoms with Crippen LogP contribution in [0.2, 0.25) is 0 Å². The van der Waals surface area contributed by atoms with Crippen molar-refractivity contribution in [2.24, 2.45) is 0 Å². The van der Waals surface area contributed by atoms with Crippen molar-refractivity contribution in [1.29, 1.82) is 0 Å². The molecule has 2 rings (SSSR count). The Labute approximate surface area is 123 Å². The number of benzene rings is 1. The van der Waals surface area contributed by atoms with Crippen molar-refractivity contribution >= 4 is 22.9 Å². The van der Waals surface area contributed by atoms with E-state index in [4.69, 9.17) is 4.74 Å². The fourth-order valence-electron chi connectivity index (χ4n) is 1.86. The van der Waals surface area contributed by atoms with Crippen molar-refractivity contribution in [3.8, 4) is 5.75 Å². The molecular weight excluding hydrogens is 270 g/mol. The maximum Gasteiger partial charge on any atom is 0.265 e. The van der Waals surface area contributed by atoms with E-state index in [9.17, 15) is 4.79 Å². The number of thiophene rings is 1. The smallest absolute Gasteiger partial charge is 0.265 e. The Hall–Kier alpha value is -1.81. The molecule has 1 aromatic carbocycles. The molecule has 0 aliphatic rings. The lowest BCUT2D eigenvalue weighted by Gasteiger charge is -2.21. The summed E-state index contributed by atoms with van der Waals surface area (Å²) in [5.74, 6) is 0.562. The first kappa shape index (κ1) is 14.6. The summed E-state index contributed by atoms with van der Waals surface area (Å²) in [6.45, 7) is 6.42. The van der Waals surface area contributed by atoms with Crippen LogP contribution in [-0.4, -0.2) is 13.0 Å². The second-order valence-corrected chi connectivity index (χ2v) is 6.54. The van der Waals surface area contributed by atoms with Crippen molar-refractivity contribution < 1.29 is 9.53 Å². The largest absolute Gasteiger partial charge is 0.495 e. The van der Waals surface area contributed by atoms with Gasteiger partial charge in [0.15, 0.2) is 0 Å². The van der Waals surface area contributed by atoms with Gasteiger partial charge in [-0.2, -0.15) is 0 Å². The zero-order valence-electron chi connectivity index (χ0n) is 12.2. The summed E-state index contributed by atoms with van der Waals surface area (Å²) < 4.78 is 5.32. The molecule has 0 spiro atoms. The number of rotatable bonds is 3. The molecule has 4 heteroatoms. The number of hydrogen-bond donors (Lipinski definition) is 1. The highest BCUT2D eigenvalue weighted by molar-refractivity contribution is 7.12. The van der Waals surface area contributed by atoms with Gasteiger partial charge in [-0.25, -0.2) is 0 Å². The van der Waals surface area contributed by atoms with Crippen molar-refractivity contribution in [2.45, 2.75) is 26.2 Å². The highest BCUT2D eigenvalue weighted by Crippen LogP contribution is 2.31. The lowest BCUT2D eigenvalue weighted by molar-refractivity contribution is 0.103. The van der Waals surface area contributed by atoms with E-state index in [1.807, 2.05) is 29.6 Å². The number of amides is 1. The first-order valence-corrected chi connectivity index (χ1v) is 7.33. The van der Waals surface area contributed by atoms with Gasteiger partial charge < -0.3 is 10.1 Å². The molecule has 2 aromatic rings. The van der Waals surface area contributed by atoms with E-state index in [2.05, 4.69) is 26.1 Å². The van der Waals surface area contributed by atoms with E-state index in [0.29, 0.717) is 16.3 Å². The number of anilines is 1. The van der Waals surface area contributed by atoms with Crippen LogP contribution in [0.3, 0.4) is 0 Å². The Balaban J connectivity index is 2.32. The average Bonchev–Trinajstić information content (AvgIpc) is 2.91. The minimum atomic E-state index is -0.107. The molecule has 0 radical (unpaired) electrons. The molecule has 0 atom stereocenters. The van der Waals surface area contributed by atoms with E-state index >= 15 is 0 Å². The molecule has 0 bridgehead atoms. The predicted molar refractivity (Wildman–Crippen MR) is 84.0 cm³/mol. The van der Waals surface area contributed by atoms with Crippen LogP contribution in [0.1, 0.15) is 36.0 Å². The number of hydrogen-bond acceptors (Lipinski definition) is 3. The molecule has 106 valence electrons. The molecule has 1 amide bonds. The van der Waals surface area contributed by atoms with E-state index < -0.39 is 0 Å². The molecule has 3 nitrogen and oxygen atoms in total. The molecule has 20 heavy (non-hydrogen) atoms. The van der Waals surface area contributed by atoms with Crippen molar-refractivity contribution in [2.75, 3.05) is 12.4 Å². The maximum absolute atomic E-state index is 12.1. The van der Waals surface area contributed by atoms with Crippen molar-refractivity contribution in [3.63, 3.8) is 0 Å². The highest BCUT2D eigenvalue weighted by Gasteiger charge is 2.17. The molecule has 0 unspecified atom stereocenters. The van der Waals surface area contributed by atoms with E-state index in [1.165, 1.54) is 11.3 Å². The average molecular weight is 289 g/mol. The second kappa shape index (κ2) is 5.67. The minimum Gasteiger partial charge on any atom is -0.495 e. The third-order valence-corrected chi connectivity index (χ3v) is 3.93. The fraction of sp³-hybridized carbons (Fsp3) is 0.312. The summed E-state index contributed by atoms with van der Waals surface area (Å²) in [7, 11) is 1.60. The van der Waals surface area contributed by atoms with Crippen LogP contribution in [0.25, 0.3) is 0 Å². The van der Waals surface area contributed by atoms with Gasteiger partial charge in [0.05, 0.1) is 17.7 Å². The van der Waals surface area contributed by atoms with Gasteiger partial charge in [0.1, 0.15) is 5.75 Å².